The molecule has 0 atom stereocenters. The Hall–Kier alpha value is -5.16. The van der Waals surface area contributed by atoms with E-state index in [1.54, 1.807) is 14.2 Å². The van der Waals surface area contributed by atoms with E-state index >= 15 is 0 Å². The van der Waals surface area contributed by atoms with Crippen LogP contribution in [0.2, 0.25) is 0 Å². The van der Waals surface area contributed by atoms with Crippen LogP contribution in [0.25, 0.3) is 49.2 Å². The number of benzene rings is 5. The molecule has 0 radical (unpaired) electrons. The van der Waals surface area contributed by atoms with Crippen molar-refractivity contribution in [1.82, 2.24) is 0 Å². The van der Waals surface area contributed by atoms with Crippen molar-refractivity contribution in [3.05, 3.63) is 66.0 Å². The molecule has 6 rings (SSSR count). The summed E-state index contributed by atoms with van der Waals surface area (Å²) in [4.78, 5) is 53.2. The molecule has 0 aromatic heterocycles. The number of rotatable bonds is 23. The molecular weight excluding hydrogens is 766 g/mol. The van der Waals surface area contributed by atoms with Gasteiger partial charge in [-0.25, -0.2) is 0 Å². The van der Waals surface area contributed by atoms with E-state index in [1.165, 1.54) is 19.2 Å². The number of aliphatic hydroxyl groups is 2. The summed E-state index contributed by atoms with van der Waals surface area (Å²) < 4.78 is 37.7. The van der Waals surface area contributed by atoms with Gasteiger partial charge in [0.05, 0.1) is 95.9 Å². The highest BCUT2D eigenvalue weighted by Crippen LogP contribution is 2.53. The number of aromatic hydroxyl groups is 1. The molecule has 0 heterocycles. The van der Waals surface area contributed by atoms with Gasteiger partial charge < -0.3 is 53.8 Å². The summed E-state index contributed by atoms with van der Waals surface area (Å²) in [6, 6.07) is 2.62. The molecule has 0 unspecified atom stereocenters. The van der Waals surface area contributed by atoms with Crippen LogP contribution in [-0.2, 0) is 64.1 Å². The lowest BCUT2D eigenvalue weighted by Gasteiger charge is -2.25. The number of phenols is 1. The van der Waals surface area contributed by atoms with Crippen molar-refractivity contribution in [2.24, 2.45) is 0 Å². The van der Waals surface area contributed by atoms with E-state index in [-0.39, 0.29) is 79.9 Å². The maximum Gasteiger partial charge on any atom is 0.308 e. The molecule has 1 aliphatic carbocycles. The number of hydrogen-bond acceptors (Lipinski definition) is 15. The fraction of sp³-hybridized carbons (Fsp3) is 0.455. The number of carbonyl (C=O) groups is 2. The average molecular weight is 818 g/mol. The van der Waals surface area contributed by atoms with Crippen molar-refractivity contribution >= 4 is 66.8 Å². The van der Waals surface area contributed by atoms with Crippen LogP contribution < -0.4 is 20.9 Å². The van der Waals surface area contributed by atoms with Crippen LogP contribution in [0.4, 0.5) is 5.69 Å². The molecule has 5 aromatic rings. The van der Waals surface area contributed by atoms with Gasteiger partial charge in [0.25, 0.3) is 0 Å². The molecule has 0 saturated heterocycles. The Kier molecular flexibility index (Phi) is 14.5. The van der Waals surface area contributed by atoms with Crippen LogP contribution in [0.1, 0.15) is 54.0 Å². The smallest absolute Gasteiger partial charge is 0.308 e. The molecule has 15 nitrogen and oxygen atoms in total. The van der Waals surface area contributed by atoms with Crippen LogP contribution in [0.3, 0.4) is 0 Å². The predicted octanol–water partition coefficient (Wildman–Crippen LogP) is 4.09. The molecule has 59 heavy (non-hydrogen) atoms. The van der Waals surface area contributed by atoms with E-state index < -0.39 is 36.0 Å². The lowest BCUT2D eigenvalue weighted by atomic mass is 9.80. The van der Waals surface area contributed by atoms with Crippen LogP contribution in [0, 0.1) is 0 Å². The number of anilines is 1. The minimum Gasteiger partial charge on any atom is -0.507 e. The number of esters is 2. The van der Waals surface area contributed by atoms with Crippen LogP contribution in [-0.4, -0.2) is 108 Å². The number of ether oxygens (including phenoxy) is 7. The Labute approximate surface area is 340 Å². The number of phenolic OH excluding ortho intramolecular Hbond substituents is 1. The third kappa shape index (κ3) is 8.76. The van der Waals surface area contributed by atoms with E-state index in [2.05, 4.69) is 5.32 Å². The average Bonchev–Trinajstić information content (AvgIpc) is 3.37. The van der Waals surface area contributed by atoms with E-state index in [9.17, 15) is 34.5 Å². The van der Waals surface area contributed by atoms with Crippen molar-refractivity contribution in [3.8, 4) is 11.5 Å². The van der Waals surface area contributed by atoms with Gasteiger partial charge in [-0.2, -0.15) is 0 Å². The first-order valence-electron chi connectivity index (χ1n) is 19.6. The fourth-order valence-electron chi connectivity index (χ4n) is 8.13. The standard InChI is InChI=1S/C44H51NO14/c1-24-18-28-27(6-5-10-58-32(50)7-11-56-16-14-53-2)43(52)39-31(49)21-26(23-47)35-34-25(22-46)20-30(48)38-40(34)37(36(28)41(35)39)29(19-24)44(55-4)42(38)45-9-13-59-33(51)8-12-57-17-15-54-3/h18,20-21,45-47,52H,5-17,19,22-23H2,1-4H3. The first-order valence-corrected chi connectivity index (χ1v) is 19.6. The van der Waals surface area contributed by atoms with Gasteiger partial charge in [-0.1, -0.05) is 11.6 Å². The normalized spacial score (nSPS) is 12.5. The summed E-state index contributed by atoms with van der Waals surface area (Å²) in [6.07, 6.45) is 2.96. The Morgan fingerprint density at radius 3 is 1.85 bits per heavy atom. The SMILES string of the molecule is COCCOCCC(=O)OCCCc1c(O)c2c(=O)cc(CO)c3c4c(CO)cc(=O)c5c(NCCOC(=O)CCOCCOC)c(OC)c6c(c(c1C=C(C)C6)c23)c54. The lowest BCUT2D eigenvalue weighted by Crippen LogP contribution is -2.18. The zero-order chi connectivity index (χ0) is 42.2. The molecular formula is C44H51NO14. The minimum absolute atomic E-state index is 0.0271. The van der Waals surface area contributed by atoms with Crippen molar-refractivity contribution in [3.63, 3.8) is 0 Å². The zero-order valence-corrected chi connectivity index (χ0v) is 33.9. The van der Waals surface area contributed by atoms with Crippen molar-refractivity contribution in [1.29, 1.82) is 0 Å². The second-order valence-electron chi connectivity index (χ2n) is 14.4. The van der Waals surface area contributed by atoms with Crippen molar-refractivity contribution in [2.45, 2.75) is 52.2 Å². The molecule has 0 aliphatic heterocycles. The topological polar surface area (TPSA) is 206 Å². The van der Waals surface area contributed by atoms with Gasteiger partial charge in [0.15, 0.2) is 10.9 Å². The Morgan fingerprint density at radius 1 is 0.695 bits per heavy atom. The van der Waals surface area contributed by atoms with E-state index in [1.807, 2.05) is 13.0 Å². The molecule has 0 fully saturated rings. The quantitative estimate of drug-likeness (QED) is 0.0317. The zero-order valence-electron chi connectivity index (χ0n) is 33.9. The summed E-state index contributed by atoms with van der Waals surface area (Å²) in [5.41, 5.74) is 2.66. The first-order chi connectivity index (χ1) is 28.6. The fourth-order valence-corrected chi connectivity index (χ4v) is 8.13. The molecule has 0 amide bonds. The second-order valence-corrected chi connectivity index (χ2v) is 14.4. The highest BCUT2D eigenvalue weighted by Gasteiger charge is 2.32. The molecule has 15 heteroatoms. The number of allylic oxidation sites excluding steroid dienone is 1. The van der Waals surface area contributed by atoms with E-state index in [0.717, 1.165) is 5.57 Å². The van der Waals surface area contributed by atoms with Crippen molar-refractivity contribution in [2.75, 3.05) is 86.0 Å². The van der Waals surface area contributed by atoms with Gasteiger partial charge >= 0.3 is 11.9 Å². The first kappa shape index (κ1) is 43.4. The number of carbonyl (C=O) groups excluding carboxylic acids is 2. The van der Waals surface area contributed by atoms with Gasteiger partial charge in [0.2, 0.25) is 0 Å². The maximum absolute atomic E-state index is 14.3. The Morgan fingerprint density at radius 2 is 1.27 bits per heavy atom. The minimum atomic E-state index is -0.535. The van der Waals surface area contributed by atoms with Gasteiger partial charge in [0.1, 0.15) is 18.1 Å². The van der Waals surface area contributed by atoms with E-state index in [4.69, 9.17) is 33.2 Å². The van der Waals surface area contributed by atoms with Crippen LogP contribution in [0.15, 0.2) is 27.3 Å². The summed E-state index contributed by atoms with van der Waals surface area (Å²) >= 11 is 0. The molecule has 1 aliphatic rings. The van der Waals surface area contributed by atoms with Gasteiger partial charge in [-0.15, -0.1) is 0 Å². The third-order valence-electron chi connectivity index (χ3n) is 10.6. The number of nitrogens with one attached hydrogen (secondary N) is 1. The number of methoxy groups -OCH3 is 3. The third-order valence-corrected chi connectivity index (χ3v) is 10.6. The van der Waals surface area contributed by atoms with Gasteiger partial charge in [0, 0.05) is 42.7 Å². The summed E-state index contributed by atoms with van der Waals surface area (Å²) in [6.45, 7) is 2.92. The summed E-state index contributed by atoms with van der Waals surface area (Å²) in [5.74, 6) is -0.747. The number of fused-ring (bicyclic) bond motifs is 1. The second kappa shape index (κ2) is 19.7. The Balaban J connectivity index is 1.49. The molecule has 316 valence electrons. The molecule has 4 N–H and O–H groups in total. The molecule has 0 bridgehead atoms. The Bertz CT molecular complexity index is 2480. The lowest BCUT2D eigenvalue weighted by molar-refractivity contribution is -0.145. The molecule has 0 saturated carbocycles. The number of aliphatic hydroxyl groups excluding tert-OH is 2. The maximum atomic E-state index is 14.3. The van der Waals surface area contributed by atoms with Crippen LogP contribution in [0.5, 0.6) is 11.5 Å². The summed E-state index contributed by atoms with van der Waals surface area (Å²) in [5, 5.41) is 40.1. The molecule has 5 aromatic carbocycles. The van der Waals surface area contributed by atoms with E-state index in [0.29, 0.717) is 99.7 Å². The molecule has 0 spiro atoms. The van der Waals surface area contributed by atoms with Crippen LogP contribution >= 0.6 is 0 Å². The monoisotopic (exact) mass is 817 g/mol. The van der Waals surface area contributed by atoms with Gasteiger partial charge in [-0.05, 0) is 76.6 Å². The summed E-state index contributed by atoms with van der Waals surface area (Å²) in [7, 11) is 4.62. The largest absolute Gasteiger partial charge is 0.507 e. The van der Waals surface area contributed by atoms with Gasteiger partial charge in [-0.3, -0.25) is 19.2 Å². The van der Waals surface area contributed by atoms with Crippen molar-refractivity contribution < 1.29 is 58.1 Å². The predicted molar refractivity (Wildman–Crippen MR) is 222 cm³/mol. The highest BCUT2D eigenvalue weighted by atomic mass is 16.5. The number of hydrogen-bond donors (Lipinski definition) is 4. The highest BCUT2D eigenvalue weighted by molar-refractivity contribution is 6.38.